The Labute approximate surface area is 145 Å². The Morgan fingerprint density at radius 1 is 1.36 bits per heavy atom. The van der Waals surface area contributed by atoms with Gasteiger partial charge in [-0.15, -0.1) is 11.3 Å². The molecule has 0 aromatic carbocycles. The number of carbonyl (C=O) groups is 2. The minimum atomic E-state index is -2.84. The first kappa shape index (κ1) is 19.0. The Bertz CT molecular complexity index is 862. The van der Waals surface area contributed by atoms with Gasteiger partial charge in [-0.2, -0.15) is 0 Å². The van der Waals surface area contributed by atoms with Gasteiger partial charge in [0, 0.05) is 24.1 Å². The molecular weight excluding hydrogens is 356 g/mol. The maximum Gasteiger partial charge on any atom is 0.326 e. The molecule has 7 nitrogen and oxygen atoms in total. The Morgan fingerprint density at radius 2 is 2.04 bits per heavy atom. The van der Waals surface area contributed by atoms with Gasteiger partial charge in [0.25, 0.3) is 5.56 Å². The number of carboxylic acid groups (broad SMARTS) is 1. The highest BCUT2D eigenvalue weighted by Gasteiger charge is 2.24. The molecule has 25 heavy (non-hydrogen) atoms. The molecule has 0 saturated carbocycles. The second-order valence-electron chi connectivity index (χ2n) is 5.56. The van der Waals surface area contributed by atoms with E-state index in [2.05, 4.69) is 9.97 Å². The second kappa shape index (κ2) is 7.68. The number of aliphatic carboxylic acids is 1. The van der Waals surface area contributed by atoms with E-state index in [0.29, 0.717) is 10.2 Å². The summed E-state index contributed by atoms with van der Waals surface area (Å²) in [4.78, 5) is 43.2. The smallest absolute Gasteiger partial charge is 0.326 e. The number of aromatic nitrogens is 2. The molecule has 1 amide bonds. The quantitative estimate of drug-likeness (QED) is 0.685. The first-order valence-electron chi connectivity index (χ1n) is 7.48. The molecule has 0 saturated heterocycles. The lowest BCUT2D eigenvalue weighted by atomic mass is 10.2. The van der Waals surface area contributed by atoms with Crippen LogP contribution in [0.1, 0.15) is 29.1 Å². The summed E-state index contributed by atoms with van der Waals surface area (Å²) < 4.78 is 24.6. The number of alkyl halides is 2. The van der Waals surface area contributed by atoms with Crippen molar-refractivity contribution in [3.63, 3.8) is 0 Å². The SMILES string of the molecule is Cc1sc2nc(CCC(=O)NC(CC(F)F)C(=O)O)[nH]c(=O)c2c1C. The van der Waals surface area contributed by atoms with Crippen molar-refractivity contribution in [1.82, 2.24) is 15.3 Å². The van der Waals surface area contributed by atoms with Gasteiger partial charge in [-0.05, 0) is 19.4 Å². The number of nitrogens with one attached hydrogen (secondary N) is 2. The van der Waals surface area contributed by atoms with Crippen LogP contribution >= 0.6 is 11.3 Å². The highest BCUT2D eigenvalue weighted by Crippen LogP contribution is 2.25. The number of thiophene rings is 1. The summed E-state index contributed by atoms with van der Waals surface area (Å²) in [7, 11) is 0. The van der Waals surface area contributed by atoms with Gasteiger partial charge in [-0.25, -0.2) is 18.6 Å². The van der Waals surface area contributed by atoms with Crippen LogP contribution in [0.15, 0.2) is 4.79 Å². The Morgan fingerprint density at radius 3 is 2.64 bits per heavy atom. The molecule has 0 aliphatic rings. The van der Waals surface area contributed by atoms with Gasteiger partial charge >= 0.3 is 5.97 Å². The van der Waals surface area contributed by atoms with Crippen LogP contribution in [-0.4, -0.2) is 39.4 Å². The Balaban J connectivity index is 2.05. The predicted molar refractivity (Wildman–Crippen MR) is 88.2 cm³/mol. The second-order valence-corrected chi connectivity index (χ2v) is 6.76. The molecular formula is C15H17F2N3O4S. The third-order valence-corrected chi connectivity index (χ3v) is 4.83. The number of carboxylic acids is 1. The van der Waals surface area contributed by atoms with Gasteiger partial charge in [0.05, 0.1) is 5.39 Å². The van der Waals surface area contributed by atoms with Crippen LogP contribution in [0.25, 0.3) is 10.2 Å². The van der Waals surface area contributed by atoms with Gasteiger partial charge in [0.2, 0.25) is 12.3 Å². The van der Waals surface area contributed by atoms with Crippen molar-refractivity contribution in [2.24, 2.45) is 0 Å². The van der Waals surface area contributed by atoms with E-state index >= 15 is 0 Å². The number of halogens is 2. The molecule has 0 bridgehead atoms. The number of hydrogen-bond acceptors (Lipinski definition) is 5. The van der Waals surface area contributed by atoms with E-state index in [1.165, 1.54) is 11.3 Å². The van der Waals surface area contributed by atoms with Gasteiger partial charge in [-0.1, -0.05) is 0 Å². The lowest BCUT2D eigenvalue weighted by Crippen LogP contribution is -2.42. The largest absolute Gasteiger partial charge is 0.480 e. The summed E-state index contributed by atoms with van der Waals surface area (Å²) in [5, 5.41) is 11.4. The minimum Gasteiger partial charge on any atom is -0.480 e. The Hall–Kier alpha value is -2.36. The summed E-state index contributed by atoms with van der Waals surface area (Å²) in [6.07, 6.45) is -3.92. The van der Waals surface area contributed by atoms with Gasteiger partial charge in [0.15, 0.2) is 0 Å². The van der Waals surface area contributed by atoms with Crippen molar-refractivity contribution < 1.29 is 23.5 Å². The molecule has 0 spiro atoms. The maximum absolute atomic E-state index is 12.3. The number of H-pyrrole nitrogens is 1. The molecule has 0 aliphatic heterocycles. The summed E-state index contributed by atoms with van der Waals surface area (Å²) in [6.45, 7) is 3.70. The van der Waals surface area contributed by atoms with E-state index in [-0.39, 0.29) is 24.2 Å². The zero-order chi connectivity index (χ0) is 18.7. The fourth-order valence-electron chi connectivity index (χ4n) is 2.32. The van der Waals surface area contributed by atoms with Gasteiger partial charge in [-0.3, -0.25) is 9.59 Å². The maximum atomic E-state index is 12.3. The number of rotatable bonds is 7. The molecule has 0 radical (unpaired) electrons. The summed E-state index contributed by atoms with van der Waals surface area (Å²) in [5.41, 5.74) is 0.553. The van der Waals surface area contributed by atoms with Gasteiger partial charge < -0.3 is 15.4 Å². The van der Waals surface area contributed by atoms with E-state index < -0.39 is 30.8 Å². The standard InChI is InChI=1S/C15H17F2N3O4S/c1-6-7(2)25-14-12(6)13(22)19-10(20-14)3-4-11(21)18-8(15(23)24)5-9(16)17/h8-9H,3-5H2,1-2H3,(H,18,21)(H,23,24)(H,19,20,22). The molecule has 0 fully saturated rings. The Kier molecular flexibility index (Phi) is 5.83. The molecule has 10 heteroatoms. The third-order valence-electron chi connectivity index (χ3n) is 3.72. The van der Waals surface area contributed by atoms with Crippen molar-refractivity contribution in [1.29, 1.82) is 0 Å². The van der Waals surface area contributed by atoms with Crippen molar-refractivity contribution in [3.05, 3.63) is 26.6 Å². The molecule has 2 heterocycles. The number of aromatic amines is 1. The van der Waals surface area contributed by atoms with Crippen LogP contribution in [0.4, 0.5) is 8.78 Å². The first-order valence-corrected chi connectivity index (χ1v) is 8.30. The molecule has 3 N–H and O–H groups in total. The van der Waals surface area contributed by atoms with Crippen LogP contribution < -0.4 is 10.9 Å². The van der Waals surface area contributed by atoms with Crippen LogP contribution in [0.5, 0.6) is 0 Å². The molecule has 2 aromatic rings. The molecule has 1 atom stereocenters. The highest BCUT2D eigenvalue weighted by atomic mass is 32.1. The lowest BCUT2D eigenvalue weighted by molar-refractivity contribution is -0.143. The normalized spacial score (nSPS) is 12.5. The third kappa shape index (κ3) is 4.59. The summed E-state index contributed by atoms with van der Waals surface area (Å²) in [5.74, 6) is -1.94. The van der Waals surface area contributed by atoms with E-state index in [1.54, 1.807) is 0 Å². The van der Waals surface area contributed by atoms with Crippen molar-refractivity contribution in [3.8, 4) is 0 Å². The number of fused-ring (bicyclic) bond motifs is 1. The number of hydrogen-bond donors (Lipinski definition) is 3. The fraction of sp³-hybridized carbons (Fsp3) is 0.467. The molecule has 136 valence electrons. The monoisotopic (exact) mass is 373 g/mol. The topological polar surface area (TPSA) is 112 Å². The van der Waals surface area contributed by atoms with Crippen LogP contribution in [0, 0.1) is 13.8 Å². The molecule has 1 unspecified atom stereocenters. The highest BCUT2D eigenvalue weighted by molar-refractivity contribution is 7.18. The average Bonchev–Trinajstić information content (AvgIpc) is 2.79. The van der Waals surface area contributed by atoms with Crippen LogP contribution in [0.3, 0.4) is 0 Å². The lowest BCUT2D eigenvalue weighted by Gasteiger charge is -2.13. The fourth-order valence-corrected chi connectivity index (χ4v) is 3.36. The van der Waals surface area contributed by atoms with E-state index in [1.807, 2.05) is 19.2 Å². The summed E-state index contributed by atoms with van der Waals surface area (Å²) in [6, 6.07) is -1.65. The zero-order valence-electron chi connectivity index (χ0n) is 13.6. The van der Waals surface area contributed by atoms with Crippen LogP contribution in [0.2, 0.25) is 0 Å². The number of amides is 1. The van der Waals surface area contributed by atoms with Crippen molar-refractivity contribution in [2.75, 3.05) is 0 Å². The zero-order valence-corrected chi connectivity index (χ0v) is 14.4. The van der Waals surface area contributed by atoms with Crippen molar-refractivity contribution >= 4 is 33.4 Å². The predicted octanol–water partition coefficient (Wildman–Crippen LogP) is 1.76. The van der Waals surface area contributed by atoms with Crippen LogP contribution in [-0.2, 0) is 16.0 Å². The van der Waals surface area contributed by atoms with E-state index in [9.17, 15) is 23.2 Å². The number of aryl methyl sites for hydroxylation is 3. The number of carbonyl (C=O) groups excluding carboxylic acids is 1. The summed E-state index contributed by atoms with van der Waals surface area (Å²) >= 11 is 1.37. The van der Waals surface area contributed by atoms with E-state index in [0.717, 1.165) is 10.4 Å². The first-order chi connectivity index (χ1) is 11.7. The molecule has 0 aliphatic carbocycles. The molecule has 2 aromatic heterocycles. The van der Waals surface area contributed by atoms with Gasteiger partial charge in [0.1, 0.15) is 16.7 Å². The number of nitrogens with zero attached hydrogens (tertiary/aromatic N) is 1. The average molecular weight is 373 g/mol. The van der Waals surface area contributed by atoms with E-state index in [4.69, 9.17) is 5.11 Å². The molecule has 2 rings (SSSR count). The van der Waals surface area contributed by atoms with Crippen molar-refractivity contribution in [2.45, 2.75) is 45.6 Å². The minimum absolute atomic E-state index is 0.0635.